The molecule has 138 valence electrons. The van der Waals surface area contributed by atoms with E-state index >= 15 is 0 Å². The van der Waals surface area contributed by atoms with Crippen LogP contribution in [0.3, 0.4) is 0 Å². The van der Waals surface area contributed by atoms with Crippen LogP contribution in [-0.2, 0) is 9.59 Å². The lowest BCUT2D eigenvalue weighted by Gasteiger charge is -2.36. The van der Waals surface area contributed by atoms with Crippen molar-refractivity contribution in [1.29, 1.82) is 0 Å². The average molecular weight is 388 g/mol. The summed E-state index contributed by atoms with van der Waals surface area (Å²) in [5.41, 5.74) is 0.870. The fourth-order valence-electron chi connectivity index (χ4n) is 2.99. The molecule has 4 rings (SSSR count). The first-order chi connectivity index (χ1) is 13.7. The van der Waals surface area contributed by atoms with Gasteiger partial charge in [-0.15, -0.1) is 11.8 Å². The highest BCUT2D eigenvalue weighted by Gasteiger charge is 2.47. The SMILES string of the molecule is O=C1C(Sc2ccccc2)C(=O)N(c2ccccc2)C(=O)N1c1ccccc1. The maximum absolute atomic E-state index is 13.2. The predicted molar refractivity (Wildman–Crippen MR) is 109 cm³/mol. The third-order valence-electron chi connectivity index (χ3n) is 4.30. The molecule has 6 heteroatoms. The van der Waals surface area contributed by atoms with Crippen molar-refractivity contribution in [2.45, 2.75) is 10.1 Å². The molecule has 4 amide bonds. The molecule has 0 saturated carbocycles. The Morgan fingerprint density at radius 2 is 0.964 bits per heavy atom. The van der Waals surface area contributed by atoms with E-state index in [0.717, 1.165) is 26.5 Å². The van der Waals surface area contributed by atoms with E-state index in [4.69, 9.17) is 0 Å². The van der Waals surface area contributed by atoms with Crippen molar-refractivity contribution in [3.05, 3.63) is 91.0 Å². The van der Waals surface area contributed by atoms with E-state index in [-0.39, 0.29) is 0 Å². The number of amides is 4. The van der Waals surface area contributed by atoms with E-state index in [0.29, 0.717) is 11.4 Å². The molecule has 5 nitrogen and oxygen atoms in total. The molecular weight excluding hydrogens is 372 g/mol. The van der Waals surface area contributed by atoms with Gasteiger partial charge < -0.3 is 0 Å². The number of anilines is 2. The van der Waals surface area contributed by atoms with Crippen LogP contribution in [0.2, 0.25) is 0 Å². The smallest absolute Gasteiger partial charge is 0.272 e. The molecule has 0 radical (unpaired) electrons. The number of nitrogens with zero attached hydrogens (tertiary/aromatic N) is 2. The molecule has 1 saturated heterocycles. The van der Waals surface area contributed by atoms with Crippen LogP contribution in [0.25, 0.3) is 0 Å². The van der Waals surface area contributed by atoms with E-state index in [1.165, 1.54) is 0 Å². The van der Waals surface area contributed by atoms with Crippen LogP contribution in [0.1, 0.15) is 0 Å². The first kappa shape index (κ1) is 18.0. The van der Waals surface area contributed by atoms with Crippen molar-refractivity contribution >= 4 is 41.0 Å². The van der Waals surface area contributed by atoms with Gasteiger partial charge in [0.25, 0.3) is 11.8 Å². The van der Waals surface area contributed by atoms with Gasteiger partial charge in [0.2, 0.25) is 0 Å². The Morgan fingerprint density at radius 3 is 1.39 bits per heavy atom. The number of hydrogen-bond donors (Lipinski definition) is 0. The molecule has 1 fully saturated rings. The van der Waals surface area contributed by atoms with Gasteiger partial charge in [-0.2, -0.15) is 0 Å². The fraction of sp³-hybridized carbons (Fsp3) is 0.0455. The maximum atomic E-state index is 13.2. The number of para-hydroxylation sites is 2. The van der Waals surface area contributed by atoms with Crippen LogP contribution in [-0.4, -0.2) is 23.1 Å². The summed E-state index contributed by atoms with van der Waals surface area (Å²) in [7, 11) is 0. The van der Waals surface area contributed by atoms with Crippen molar-refractivity contribution in [1.82, 2.24) is 0 Å². The molecule has 0 spiro atoms. The number of rotatable bonds is 4. The number of benzene rings is 3. The van der Waals surface area contributed by atoms with Gasteiger partial charge in [0.05, 0.1) is 11.4 Å². The van der Waals surface area contributed by atoms with Crippen LogP contribution in [0.5, 0.6) is 0 Å². The van der Waals surface area contributed by atoms with Crippen molar-refractivity contribution in [3.8, 4) is 0 Å². The number of urea groups is 1. The quantitative estimate of drug-likeness (QED) is 0.624. The van der Waals surface area contributed by atoms with Crippen molar-refractivity contribution in [3.63, 3.8) is 0 Å². The fourth-order valence-corrected chi connectivity index (χ4v) is 3.99. The van der Waals surface area contributed by atoms with Gasteiger partial charge in [-0.3, -0.25) is 9.59 Å². The van der Waals surface area contributed by atoms with Crippen molar-refractivity contribution in [2.24, 2.45) is 0 Å². The summed E-state index contributed by atoms with van der Waals surface area (Å²) >= 11 is 1.14. The summed E-state index contributed by atoms with van der Waals surface area (Å²) < 4.78 is 0. The molecule has 28 heavy (non-hydrogen) atoms. The Labute approximate surface area is 166 Å². The topological polar surface area (TPSA) is 57.7 Å². The predicted octanol–water partition coefficient (Wildman–Crippen LogP) is 4.35. The lowest BCUT2D eigenvalue weighted by atomic mass is 10.2. The minimum absolute atomic E-state index is 0.435. The second-order valence-corrected chi connectivity index (χ2v) is 7.29. The van der Waals surface area contributed by atoms with E-state index in [2.05, 4.69) is 0 Å². The Kier molecular flexibility index (Phi) is 4.95. The summed E-state index contributed by atoms with van der Waals surface area (Å²) in [4.78, 5) is 42.4. The molecule has 1 heterocycles. The minimum Gasteiger partial charge on any atom is -0.272 e. The largest absolute Gasteiger partial charge is 0.342 e. The summed E-state index contributed by atoms with van der Waals surface area (Å²) in [5, 5.41) is -1.06. The minimum atomic E-state index is -1.06. The first-order valence-electron chi connectivity index (χ1n) is 8.70. The normalized spacial score (nSPS) is 15.2. The maximum Gasteiger partial charge on any atom is 0.342 e. The summed E-state index contributed by atoms with van der Waals surface area (Å²) in [5.74, 6) is -1.08. The molecule has 0 aliphatic carbocycles. The van der Waals surface area contributed by atoms with Crippen molar-refractivity contribution < 1.29 is 14.4 Å². The molecule has 0 N–H and O–H groups in total. The van der Waals surface area contributed by atoms with E-state index in [1.807, 2.05) is 30.3 Å². The molecule has 3 aromatic rings. The van der Waals surface area contributed by atoms with Gasteiger partial charge in [0.15, 0.2) is 5.25 Å². The molecule has 1 aliphatic heterocycles. The standard InChI is InChI=1S/C22H16N2O3S/c25-20-19(28-18-14-8-3-9-15-18)21(26)24(17-12-6-2-7-13-17)22(27)23(20)16-10-4-1-5-11-16/h1-15,19H. The zero-order valence-corrected chi connectivity index (χ0v) is 15.6. The van der Waals surface area contributed by atoms with Crippen LogP contribution in [0.4, 0.5) is 16.2 Å². The molecule has 0 unspecified atom stereocenters. The number of imide groups is 2. The van der Waals surface area contributed by atoms with Crippen molar-refractivity contribution in [2.75, 3.05) is 9.80 Å². The Bertz CT molecular complexity index is 948. The van der Waals surface area contributed by atoms with Gasteiger partial charge in [0, 0.05) is 4.90 Å². The number of carbonyl (C=O) groups excluding carboxylic acids is 3. The number of thioether (sulfide) groups is 1. The third kappa shape index (κ3) is 3.30. The highest BCUT2D eigenvalue weighted by atomic mass is 32.2. The zero-order chi connectivity index (χ0) is 19.5. The molecule has 0 atom stereocenters. The van der Waals surface area contributed by atoms with Crippen LogP contribution >= 0.6 is 11.8 Å². The van der Waals surface area contributed by atoms with Crippen LogP contribution < -0.4 is 9.80 Å². The lowest BCUT2D eigenvalue weighted by Crippen LogP contribution is -2.62. The highest BCUT2D eigenvalue weighted by molar-refractivity contribution is 8.01. The summed E-state index contributed by atoms with van der Waals surface area (Å²) in [6, 6.07) is 25.9. The molecular formula is C22H16N2O3S. The molecule has 0 bridgehead atoms. The van der Waals surface area contributed by atoms with Crippen LogP contribution in [0, 0.1) is 0 Å². The first-order valence-corrected chi connectivity index (χ1v) is 9.58. The Morgan fingerprint density at radius 1 is 0.571 bits per heavy atom. The van der Waals surface area contributed by atoms with Gasteiger partial charge in [-0.1, -0.05) is 54.6 Å². The zero-order valence-electron chi connectivity index (χ0n) is 14.8. The second-order valence-electron chi connectivity index (χ2n) is 6.11. The van der Waals surface area contributed by atoms with E-state index in [9.17, 15) is 14.4 Å². The Balaban J connectivity index is 1.78. The monoisotopic (exact) mass is 388 g/mol. The molecule has 0 aromatic heterocycles. The van der Waals surface area contributed by atoms with E-state index in [1.54, 1.807) is 60.7 Å². The number of hydrogen-bond acceptors (Lipinski definition) is 4. The van der Waals surface area contributed by atoms with Gasteiger partial charge in [-0.25, -0.2) is 14.6 Å². The van der Waals surface area contributed by atoms with Crippen LogP contribution in [0.15, 0.2) is 95.9 Å². The average Bonchev–Trinajstić information content (AvgIpc) is 2.74. The summed E-state index contributed by atoms with van der Waals surface area (Å²) in [6.45, 7) is 0. The molecule has 1 aliphatic rings. The highest BCUT2D eigenvalue weighted by Crippen LogP contribution is 2.33. The summed E-state index contributed by atoms with van der Waals surface area (Å²) in [6.07, 6.45) is 0. The van der Waals surface area contributed by atoms with Gasteiger partial charge >= 0.3 is 6.03 Å². The lowest BCUT2D eigenvalue weighted by molar-refractivity contribution is -0.126. The van der Waals surface area contributed by atoms with Gasteiger partial charge in [-0.05, 0) is 36.4 Å². The molecule has 3 aromatic carbocycles. The third-order valence-corrected chi connectivity index (χ3v) is 5.48. The Hall–Kier alpha value is -3.38. The van der Waals surface area contributed by atoms with E-state index < -0.39 is 23.1 Å². The number of barbiturate groups is 1. The number of carbonyl (C=O) groups is 3. The second kappa shape index (κ2) is 7.70. The van der Waals surface area contributed by atoms with Gasteiger partial charge in [0.1, 0.15) is 0 Å².